The molecule has 1 N–H and O–H groups in total. The SMILES string of the molecule is CC(C)(C)C1CCCN(c2ccc(C(=O)O)cc2Cl)CC1. The number of aromatic carboxylic acids is 1. The van der Waals surface area contributed by atoms with E-state index in [0.29, 0.717) is 10.4 Å². The van der Waals surface area contributed by atoms with Crippen molar-refractivity contribution in [2.24, 2.45) is 11.3 Å². The Bertz CT molecular complexity index is 522. The van der Waals surface area contributed by atoms with Crippen molar-refractivity contribution in [1.29, 1.82) is 0 Å². The molecule has 0 spiro atoms. The molecule has 1 aromatic carbocycles. The maximum absolute atomic E-state index is 11.0. The fourth-order valence-electron chi connectivity index (χ4n) is 3.10. The second kappa shape index (κ2) is 6.27. The third-order valence-electron chi connectivity index (χ3n) is 4.49. The molecule has 3 nitrogen and oxygen atoms in total. The number of anilines is 1. The third kappa shape index (κ3) is 3.91. The van der Waals surface area contributed by atoms with E-state index in [9.17, 15) is 4.79 Å². The minimum Gasteiger partial charge on any atom is -0.478 e. The van der Waals surface area contributed by atoms with Crippen LogP contribution in [0.25, 0.3) is 0 Å². The molecule has 0 aliphatic carbocycles. The molecule has 1 atom stereocenters. The van der Waals surface area contributed by atoms with Crippen molar-refractivity contribution in [2.45, 2.75) is 40.0 Å². The Balaban J connectivity index is 2.14. The van der Waals surface area contributed by atoms with Crippen LogP contribution in [0.2, 0.25) is 5.02 Å². The maximum Gasteiger partial charge on any atom is 0.335 e. The van der Waals surface area contributed by atoms with Gasteiger partial charge in [0.2, 0.25) is 0 Å². The highest BCUT2D eigenvalue weighted by atomic mass is 35.5. The molecule has 0 amide bonds. The van der Waals surface area contributed by atoms with E-state index in [0.717, 1.165) is 37.5 Å². The topological polar surface area (TPSA) is 40.5 Å². The van der Waals surface area contributed by atoms with Crippen LogP contribution in [0.3, 0.4) is 0 Å². The van der Waals surface area contributed by atoms with Gasteiger partial charge in [-0.2, -0.15) is 0 Å². The Labute approximate surface area is 131 Å². The van der Waals surface area contributed by atoms with Crippen molar-refractivity contribution in [3.63, 3.8) is 0 Å². The summed E-state index contributed by atoms with van der Waals surface area (Å²) >= 11 is 6.28. The summed E-state index contributed by atoms with van der Waals surface area (Å²) in [4.78, 5) is 13.3. The molecule has 0 aromatic heterocycles. The number of hydrogen-bond acceptors (Lipinski definition) is 2. The number of nitrogens with zero attached hydrogens (tertiary/aromatic N) is 1. The zero-order chi connectivity index (χ0) is 15.6. The molecule has 1 heterocycles. The molecule has 0 saturated carbocycles. The average molecular weight is 310 g/mol. The molecular formula is C17H24ClNO2. The number of rotatable bonds is 2. The van der Waals surface area contributed by atoms with Crippen LogP contribution >= 0.6 is 11.6 Å². The van der Waals surface area contributed by atoms with E-state index in [-0.39, 0.29) is 5.56 Å². The van der Waals surface area contributed by atoms with E-state index in [1.54, 1.807) is 12.1 Å². The van der Waals surface area contributed by atoms with Crippen LogP contribution in [0, 0.1) is 11.3 Å². The Hall–Kier alpha value is -1.22. The van der Waals surface area contributed by atoms with Crippen molar-refractivity contribution in [3.8, 4) is 0 Å². The second-order valence-electron chi connectivity index (χ2n) is 6.95. The first-order valence-corrected chi connectivity index (χ1v) is 7.94. The van der Waals surface area contributed by atoms with Crippen LogP contribution < -0.4 is 4.90 Å². The van der Waals surface area contributed by atoms with Crippen molar-refractivity contribution in [3.05, 3.63) is 28.8 Å². The first-order chi connectivity index (χ1) is 9.79. The van der Waals surface area contributed by atoms with Crippen molar-refractivity contribution >= 4 is 23.3 Å². The molecule has 116 valence electrons. The van der Waals surface area contributed by atoms with Gasteiger partial charge in [-0.1, -0.05) is 32.4 Å². The fourth-order valence-corrected chi connectivity index (χ4v) is 3.40. The number of carboxylic acids is 1. The van der Waals surface area contributed by atoms with Gasteiger partial charge in [-0.05, 0) is 48.8 Å². The third-order valence-corrected chi connectivity index (χ3v) is 4.79. The summed E-state index contributed by atoms with van der Waals surface area (Å²) in [5.41, 5.74) is 1.54. The quantitative estimate of drug-likeness (QED) is 0.861. The molecule has 0 bridgehead atoms. The Kier molecular flexibility index (Phi) is 4.82. The van der Waals surface area contributed by atoms with Gasteiger partial charge in [0.1, 0.15) is 0 Å². The molecular weight excluding hydrogens is 286 g/mol. The van der Waals surface area contributed by atoms with E-state index in [2.05, 4.69) is 25.7 Å². The van der Waals surface area contributed by atoms with Gasteiger partial charge in [-0.15, -0.1) is 0 Å². The molecule has 1 aliphatic rings. The van der Waals surface area contributed by atoms with Gasteiger partial charge in [0, 0.05) is 13.1 Å². The number of carboxylic acid groups (broad SMARTS) is 1. The lowest BCUT2D eigenvalue weighted by Gasteiger charge is -2.30. The van der Waals surface area contributed by atoms with Crippen molar-refractivity contribution < 1.29 is 9.90 Å². The van der Waals surface area contributed by atoms with E-state index >= 15 is 0 Å². The van der Waals surface area contributed by atoms with Gasteiger partial charge < -0.3 is 10.0 Å². The van der Waals surface area contributed by atoms with Gasteiger partial charge in [0.05, 0.1) is 16.3 Å². The second-order valence-corrected chi connectivity index (χ2v) is 7.36. The number of carbonyl (C=O) groups is 1. The summed E-state index contributed by atoms with van der Waals surface area (Å²) in [6.07, 6.45) is 3.55. The smallest absolute Gasteiger partial charge is 0.335 e. The van der Waals surface area contributed by atoms with Crippen LogP contribution in [-0.2, 0) is 0 Å². The zero-order valence-corrected chi connectivity index (χ0v) is 13.8. The summed E-state index contributed by atoms with van der Waals surface area (Å²) in [5, 5.41) is 9.54. The first kappa shape index (κ1) is 16.2. The highest BCUT2D eigenvalue weighted by Crippen LogP contribution is 2.36. The van der Waals surface area contributed by atoms with E-state index in [4.69, 9.17) is 16.7 Å². The lowest BCUT2D eigenvalue weighted by molar-refractivity contribution is 0.0697. The van der Waals surface area contributed by atoms with E-state index < -0.39 is 5.97 Å². The van der Waals surface area contributed by atoms with Crippen LogP contribution in [-0.4, -0.2) is 24.2 Å². The molecule has 1 aliphatic heterocycles. The van der Waals surface area contributed by atoms with Crippen molar-refractivity contribution in [1.82, 2.24) is 0 Å². The molecule has 1 unspecified atom stereocenters. The summed E-state index contributed by atoms with van der Waals surface area (Å²) in [5.74, 6) is -0.216. The average Bonchev–Trinajstić information content (AvgIpc) is 2.63. The molecule has 2 rings (SSSR count). The van der Waals surface area contributed by atoms with Crippen LogP contribution in [0.1, 0.15) is 50.4 Å². The van der Waals surface area contributed by atoms with Crippen molar-refractivity contribution in [2.75, 3.05) is 18.0 Å². The largest absolute Gasteiger partial charge is 0.478 e. The first-order valence-electron chi connectivity index (χ1n) is 7.57. The van der Waals surface area contributed by atoms with Gasteiger partial charge in [0.15, 0.2) is 0 Å². The summed E-state index contributed by atoms with van der Waals surface area (Å²) in [6, 6.07) is 5.02. The molecule has 4 heteroatoms. The number of hydrogen-bond donors (Lipinski definition) is 1. The lowest BCUT2D eigenvalue weighted by atomic mass is 9.77. The predicted molar refractivity (Wildman–Crippen MR) is 87.4 cm³/mol. The molecule has 21 heavy (non-hydrogen) atoms. The Morgan fingerprint density at radius 2 is 2.00 bits per heavy atom. The molecule has 1 fully saturated rings. The van der Waals surface area contributed by atoms with Gasteiger partial charge in [-0.3, -0.25) is 0 Å². The van der Waals surface area contributed by atoms with Gasteiger partial charge in [0.25, 0.3) is 0 Å². The fraction of sp³-hybridized carbons (Fsp3) is 0.588. The predicted octanol–water partition coefficient (Wildman–Crippen LogP) is 4.69. The summed E-state index contributed by atoms with van der Waals surface area (Å²) in [7, 11) is 0. The summed E-state index contributed by atoms with van der Waals surface area (Å²) in [6.45, 7) is 8.89. The molecule has 1 saturated heterocycles. The Morgan fingerprint density at radius 1 is 1.29 bits per heavy atom. The van der Waals surface area contributed by atoms with Gasteiger partial charge in [-0.25, -0.2) is 4.79 Å². The lowest BCUT2D eigenvalue weighted by Crippen LogP contribution is -2.26. The van der Waals surface area contributed by atoms with E-state index in [1.165, 1.54) is 6.42 Å². The minimum absolute atomic E-state index is 0.242. The Morgan fingerprint density at radius 3 is 2.57 bits per heavy atom. The summed E-state index contributed by atoms with van der Waals surface area (Å²) < 4.78 is 0. The highest BCUT2D eigenvalue weighted by molar-refractivity contribution is 6.33. The van der Waals surface area contributed by atoms with Crippen LogP contribution in [0.5, 0.6) is 0 Å². The monoisotopic (exact) mass is 309 g/mol. The van der Waals surface area contributed by atoms with Gasteiger partial charge >= 0.3 is 5.97 Å². The molecule has 1 aromatic rings. The zero-order valence-electron chi connectivity index (χ0n) is 13.0. The van der Waals surface area contributed by atoms with Crippen LogP contribution in [0.15, 0.2) is 18.2 Å². The standard InChI is InChI=1S/C17H24ClNO2/c1-17(2,3)13-5-4-9-19(10-8-13)15-7-6-12(16(20)21)11-14(15)18/h6-7,11,13H,4-5,8-10H2,1-3H3,(H,20,21). The molecule has 0 radical (unpaired) electrons. The highest BCUT2D eigenvalue weighted by Gasteiger charge is 2.27. The van der Waals surface area contributed by atoms with Crippen LogP contribution in [0.4, 0.5) is 5.69 Å². The maximum atomic E-state index is 11.0. The minimum atomic E-state index is -0.938. The number of halogens is 1. The number of benzene rings is 1. The van der Waals surface area contributed by atoms with E-state index in [1.807, 2.05) is 6.07 Å². The normalized spacial score (nSPS) is 20.2.